The monoisotopic (exact) mass is 305 g/mol. The van der Waals surface area contributed by atoms with Gasteiger partial charge in [-0.3, -0.25) is 4.79 Å². The fraction of sp³-hybridized carbons (Fsp3) is 0.353. The summed E-state index contributed by atoms with van der Waals surface area (Å²) in [6.45, 7) is 5.89. The maximum absolute atomic E-state index is 12.6. The molecule has 1 heterocycles. The van der Waals surface area contributed by atoms with Crippen LogP contribution < -0.4 is 5.56 Å². The average Bonchev–Trinajstić information content (AvgIpc) is 2.41. The van der Waals surface area contributed by atoms with Gasteiger partial charge in [-0.05, 0) is 50.1 Å². The highest BCUT2D eigenvalue weighted by Crippen LogP contribution is 2.23. The smallest absolute Gasteiger partial charge is 0.257 e. The van der Waals surface area contributed by atoms with E-state index in [1.807, 2.05) is 37.3 Å². The molecule has 0 spiro atoms. The maximum Gasteiger partial charge on any atom is 0.257 e. The molecule has 2 aromatic rings. The van der Waals surface area contributed by atoms with E-state index in [9.17, 15) is 9.90 Å². The zero-order chi connectivity index (χ0) is 15.6. The van der Waals surface area contributed by atoms with Crippen LogP contribution in [0.4, 0.5) is 0 Å². The van der Waals surface area contributed by atoms with Gasteiger partial charge >= 0.3 is 0 Å². The Bertz CT molecular complexity index is 681. The maximum atomic E-state index is 12.6. The second-order valence-corrected chi connectivity index (χ2v) is 6.09. The number of pyridine rings is 1. The van der Waals surface area contributed by atoms with Gasteiger partial charge in [-0.2, -0.15) is 0 Å². The summed E-state index contributed by atoms with van der Waals surface area (Å²) in [4.78, 5) is 12.6. The van der Waals surface area contributed by atoms with Gasteiger partial charge in [0, 0.05) is 17.1 Å². The number of rotatable bonds is 4. The molecule has 4 heteroatoms. The van der Waals surface area contributed by atoms with Gasteiger partial charge in [0.05, 0.1) is 11.3 Å². The number of benzene rings is 1. The molecule has 0 aliphatic rings. The fourth-order valence-corrected chi connectivity index (χ4v) is 2.49. The molecule has 0 aliphatic heterocycles. The fourth-order valence-electron chi connectivity index (χ4n) is 2.36. The lowest BCUT2D eigenvalue weighted by Crippen LogP contribution is -2.32. The Hall–Kier alpha value is -1.58. The molecule has 2 rings (SSSR count). The first kappa shape index (κ1) is 15.8. The minimum Gasteiger partial charge on any atom is -0.386 e. The van der Waals surface area contributed by atoms with Gasteiger partial charge in [0.2, 0.25) is 0 Å². The lowest BCUT2D eigenvalue weighted by molar-refractivity contribution is 0.0765. The van der Waals surface area contributed by atoms with E-state index >= 15 is 0 Å². The summed E-state index contributed by atoms with van der Waals surface area (Å²) in [6, 6.07) is 11.0. The molecule has 0 radical (unpaired) electrons. The molecular weight excluding hydrogens is 286 g/mol. The molecule has 0 aliphatic carbocycles. The average molecular weight is 306 g/mol. The Balaban J connectivity index is 2.65. The normalized spacial score (nSPS) is 11.7. The predicted molar refractivity (Wildman–Crippen MR) is 86.7 cm³/mol. The summed E-state index contributed by atoms with van der Waals surface area (Å²) < 4.78 is 1.72. The van der Waals surface area contributed by atoms with Crippen molar-refractivity contribution in [2.24, 2.45) is 0 Å². The van der Waals surface area contributed by atoms with E-state index in [0.717, 1.165) is 17.7 Å². The molecule has 0 unspecified atom stereocenters. The molecule has 0 amide bonds. The quantitative estimate of drug-likeness (QED) is 0.933. The van der Waals surface area contributed by atoms with Gasteiger partial charge in [0.1, 0.15) is 0 Å². The van der Waals surface area contributed by atoms with Crippen LogP contribution in [0.15, 0.2) is 41.2 Å². The summed E-state index contributed by atoms with van der Waals surface area (Å²) in [5.74, 6) is 0. The van der Waals surface area contributed by atoms with E-state index in [2.05, 4.69) is 0 Å². The van der Waals surface area contributed by atoms with Crippen LogP contribution in [0, 0.1) is 0 Å². The highest BCUT2D eigenvalue weighted by molar-refractivity contribution is 6.30. The van der Waals surface area contributed by atoms with E-state index in [0.29, 0.717) is 17.1 Å². The third kappa shape index (κ3) is 3.36. The number of halogens is 1. The first-order chi connectivity index (χ1) is 9.84. The van der Waals surface area contributed by atoms with Crippen molar-refractivity contribution < 1.29 is 5.11 Å². The highest BCUT2D eigenvalue weighted by Gasteiger charge is 2.22. The molecule has 3 nitrogen and oxygen atoms in total. The topological polar surface area (TPSA) is 42.2 Å². The molecule has 1 aromatic carbocycles. The van der Waals surface area contributed by atoms with E-state index in [1.165, 1.54) is 0 Å². The van der Waals surface area contributed by atoms with Crippen molar-refractivity contribution in [1.82, 2.24) is 4.57 Å². The molecular formula is C17H20ClNO2. The van der Waals surface area contributed by atoms with Crippen molar-refractivity contribution in [2.45, 2.75) is 39.3 Å². The van der Waals surface area contributed by atoms with Crippen LogP contribution >= 0.6 is 11.6 Å². The summed E-state index contributed by atoms with van der Waals surface area (Å²) in [6.07, 6.45) is 0.843. The van der Waals surface area contributed by atoms with Crippen LogP contribution in [0.5, 0.6) is 0 Å². The zero-order valence-corrected chi connectivity index (χ0v) is 13.3. The molecule has 0 atom stereocenters. The van der Waals surface area contributed by atoms with Gasteiger partial charge in [-0.15, -0.1) is 0 Å². The van der Waals surface area contributed by atoms with Crippen molar-refractivity contribution in [2.75, 3.05) is 0 Å². The van der Waals surface area contributed by atoms with Crippen molar-refractivity contribution in [1.29, 1.82) is 0 Å². The van der Waals surface area contributed by atoms with Crippen molar-refractivity contribution in [3.63, 3.8) is 0 Å². The molecule has 112 valence electrons. The number of aliphatic hydroxyl groups is 1. The van der Waals surface area contributed by atoms with Crippen LogP contribution in [0.2, 0.25) is 5.02 Å². The Kier molecular flexibility index (Phi) is 4.55. The number of hydrogen-bond acceptors (Lipinski definition) is 2. The zero-order valence-electron chi connectivity index (χ0n) is 12.6. The highest BCUT2D eigenvalue weighted by atomic mass is 35.5. The number of nitrogens with zero attached hydrogens (tertiary/aromatic N) is 1. The Labute approximate surface area is 129 Å². The van der Waals surface area contributed by atoms with Crippen molar-refractivity contribution >= 4 is 11.6 Å². The molecule has 0 bridgehead atoms. The second kappa shape index (κ2) is 6.04. The van der Waals surface area contributed by atoms with Gasteiger partial charge in [-0.1, -0.05) is 30.7 Å². The predicted octanol–water partition coefficient (Wildman–Crippen LogP) is 3.81. The third-order valence-electron chi connectivity index (χ3n) is 3.42. The van der Waals surface area contributed by atoms with E-state index in [4.69, 9.17) is 11.6 Å². The Morgan fingerprint density at radius 1 is 1.14 bits per heavy atom. The van der Waals surface area contributed by atoms with Gasteiger partial charge in [0.25, 0.3) is 5.56 Å². The summed E-state index contributed by atoms with van der Waals surface area (Å²) in [5.41, 5.74) is 0.898. The van der Waals surface area contributed by atoms with Crippen LogP contribution in [-0.2, 0) is 12.1 Å². The number of hydrogen-bond donors (Lipinski definition) is 1. The number of aromatic nitrogens is 1. The molecule has 0 saturated heterocycles. The van der Waals surface area contributed by atoms with Crippen LogP contribution in [0.1, 0.15) is 32.8 Å². The molecule has 0 fully saturated rings. The van der Waals surface area contributed by atoms with Crippen LogP contribution in [0.3, 0.4) is 0 Å². The van der Waals surface area contributed by atoms with Crippen molar-refractivity contribution in [3.05, 3.63) is 57.3 Å². The summed E-state index contributed by atoms with van der Waals surface area (Å²) in [7, 11) is 0. The van der Waals surface area contributed by atoms with Gasteiger partial charge < -0.3 is 9.67 Å². The first-order valence-corrected chi connectivity index (χ1v) is 7.45. The largest absolute Gasteiger partial charge is 0.386 e. The Morgan fingerprint density at radius 2 is 1.76 bits per heavy atom. The van der Waals surface area contributed by atoms with Crippen molar-refractivity contribution in [3.8, 4) is 11.3 Å². The minimum atomic E-state index is -1.15. The van der Waals surface area contributed by atoms with Gasteiger partial charge in [0.15, 0.2) is 0 Å². The third-order valence-corrected chi connectivity index (χ3v) is 3.67. The SMILES string of the molecule is CCCn1c(-c2ccc(Cl)cc2)ccc(C(C)(C)O)c1=O. The summed E-state index contributed by atoms with van der Waals surface area (Å²) >= 11 is 5.91. The lowest BCUT2D eigenvalue weighted by atomic mass is 9.98. The van der Waals surface area contributed by atoms with Crippen LogP contribution in [0.25, 0.3) is 11.3 Å². The standard InChI is InChI=1S/C17H20ClNO2/c1-4-11-19-15(12-5-7-13(18)8-6-12)10-9-14(16(19)20)17(2,3)21/h5-10,21H,4,11H2,1-3H3. The van der Waals surface area contributed by atoms with E-state index in [1.54, 1.807) is 24.5 Å². The summed E-state index contributed by atoms with van der Waals surface area (Å²) in [5, 5.41) is 10.8. The van der Waals surface area contributed by atoms with E-state index in [-0.39, 0.29) is 5.56 Å². The lowest BCUT2D eigenvalue weighted by Gasteiger charge is -2.20. The minimum absolute atomic E-state index is 0.142. The molecule has 1 N–H and O–H groups in total. The van der Waals surface area contributed by atoms with E-state index < -0.39 is 5.60 Å². The van der Waals surface area contributed by atoms with Gasteiger partial charge in [-0.25, -0.2) is 0 Å². The first-order valence-electron chi connectivity index (χ1n) is 7.07. The van der Waals surface area contributed by atoms with Crippen LogP contribution in [-0.4, -0.2) is 9.67 Å². The Morgan fingerprint density at radius 3 is 2.29 bits per heavy atom. The second-order valence-electron chi connectivity index (χ2n) is 5.65. The molecule has 1 aromatic heterocycles. The molecule has 21 heavy (non-hydrogen) atoms. The molecule has 0 saturated carbocycles.